The zero-order valence-electron chi connectivity index (χ0n) is 14.9. The molecule has 0 amide bonds. The summed E-state index contributed by atoms with van der Waals surface area (Å²) in [6, 6.07) is 7.01. The molecule has 10 nitrogen and oxygen atoms in total. The molecule has 2 rings (SSSR count). The molecule has 1 unspecified atom stereocenters. The van der Waals surface area contributed by atoms with Crippen LogP contribution in [0.2, 0.25) is 0 Å². The molecule has 1 aromatic heterocycles. The van der Waals surface area contributed by atoms with Gasteiger partial charge in [0.15, 0.2) is 0 Å². The maximum Gasteiger partial charge on any atom is 0.337 e. The Balaban J connectivity index is 2.07. The lowest BCUT2D eigenvalue weighted by Crippen LogP contribution is -2.18. The molecule has 0 spiro atoms. The van der Waals surface area contributed by atoms with Gasteiger partial charge in [-0.3, -0.25) is 10.1 Å². The Hall–Kier alpha value is -3.43. The number of benzene rings is 1. The third kappa shape index (κ3) is 5.27. The topological polar surface area (TPSA) is 173 Å². The molecule has 2 aromatic rings. The Morgan fingerprint density at radius 2 is 1.78 bits per heavy atom. The van der Waals surface area contributed by atoms with Crippen molar-refractivity contribution in [3.8, 4) is 0 Å². The van der Waals surface area contributed by atoms with Gasteiger partial charge < -0.3 is 21.9 Å². The third-order valence-corrected chi connectivity index (χ3v) is 4.19. The van der Waals surface area contributed by atoms with Gasteiger partial charge in [-0.25, -0.2) is 4.79 Å². The summed E-state index contributed by atoms with van der Waals surface area (Å²) in [5.41, 5.74) is 19.1. The lowest BCUT2D eigenvalue weighted by Gasteiger charge is -2.16. The number of methoxy groups -OCH3 is 1. The molecule has 144 valence electrons. The molecule has 27 heavy (non-hydrogen) atoms. The highest BCUT2D eigenvalue weighted by Crippen LogP contribution is 2.30. The van der Waals surface area contributed by atoms with Gasteiger partial charge in [0.05, 0.1) is 18.6 Å². The first-order valence-electron chi connectivity index (χ1n) is 8.29. The van der Waals surface area contributed by atoms with Crippen LogP contribution in [-0.4, -0.2) is 34.5 Å². The standard InChI is InChI=1S/C17H22N6O4/c1-27-16(24)11-7-5-10(6-8-11)3-2-4-12(9-23(25)26)13-14(18)21-17(20)22-15(13)19/h5-8,12H,2-4,9H2,1H3,(H6,18,19,20,21,22). The maximum absolute atomic E-state index is 11.4. The molecule has 0 fully saturated rings. The van der Waals surface area contributed by atoms with Crippen LogP contribution in [-0.2, 0) is 11.2 Å². The van der Waals surface area contributed by atoms with E-state index >= 15 is 0 Å². The third-order valence-electron chi connectivity index (χ3n) is 4.19. The minimum atomic E-state index is -0.519. The second kappa shape index (κ2) is 8.79. The Labute approximate surface area is 155 Å². The second-order valence-corrected chi connectivity index (χ2v) is 6.06. The number of carbonyl (C=O) groups is 1. The van der Waals surface area contributed by atoms with Crippen molar-refractivity contribution >= 4 is 23.6 Å². The van der Waals surface area contributed by atoms with Crippen molar-refractivity contribution in [2.24, 2.45) is 0 Å². The van der Waals surface area contributed by atoms with Crippen LogP contribution < -0.4 is 17.2 Å². The largest absolute Gasteiger partial charge is 0.465 e. The summed E-state index contributed by atoms with van der Waals surface area (Å²) in [7, 11) is 1.32. The van der Waals surface area contributed by atoms with Crippen molar-refractivity contribution < 1.29 is 14.5 Å². The minimum absolute atomic E-state index is 0.0641. The molecule has 1 atom stereocenters. The average Bonchev–Trinajstić information content (AvgIpc) is 2.60. The van der Waals surface area contributed by atoms with E-state index in [1.165, 1.54) is 7.11 Å². The van der Waals surface area contributed by atoms with Gasteiger partial charge in [0, 0.05) is 10.5 Å². The van der Waals surface area contributed by atoms with E-state index in [-0.39, 0.29) is 24.1 Å². The predicted molar refractivity (Wildman–Crippen MR) is 101 cm³/mol. The SMILES string of the molecule is COC(=O)c1ccc(CCCC(C[N+](=O)[O-])c2c(N)nc(N)nc2N)cc1. The summed E-state index contributed by atoms with van der Waals surface area (Å²) in [5, 5.41) is 11.1. The van der Waals surface area contributed by atoms with Gasteiger partial charge >= 0.3 is 5.97 Å². The average molecular weight is 374 g/mol. The lowest BCUT2D eigenvalue weighted by atomic mass is 9.92. The van der Waals surface area contributed by atoms with Crippen LogP contribution in [0.4, 0.5) is 17.6 Å². The number of nitrogen functional groups attached to an aromatic ring is 3. The summed E-state index contributed by atoms with van der Waals surface area (Å²) in [6.07, 6.45) is 1.80. The van der Waals surface area contributed by atoms with Gasteiger partial charge in [-0.2, -0.15) is 9.97 Å². The highest BCUT2D eigenvalue weighted by molar-refractivity contribution is 5.89. The molecule has 0 saturated carbocycles. The quantitative estimate of drug-likeness (QED) is 0.350. The first kappa shape index (κ1) is 19.9. The van der Waals surface area contributed by atoms with Gasteiger partial charge in [0.2, 0.25) is 12.5 Å². The number of nitrogens with zero attached hydrogens (tertiary/aromatic N) is 3. The van der Waals surface area contributed by atoms with Gasteiger partial charge in [-0.05, 0) is 37.0 Å². The number of nitrogens with two attached hydrogens (primary N) is 3. The van der Waals surface area contributed by atoms with Crippen LogP contribution in [0, 0.1) is 10.1 Å². The molecule has 0 radical (unpaired) electrons. The number of nitro groups is 1. The summed E-state index contributed by atoms with van der Waals surface area (Å²) in [6.45, 7) is -0.330. The second-order valence-electron chi connectivity index (χ2n) is 6.06. The number of carbonyl (C=O) groups excluding carboxylic acids is 1. The Bertz CT molecular complexity index is 802. The number of aryl methyl sites for hydroxylation is 1. The molecular formula is C17H22N6O4. The van der Waals surface area contributed by atoms with Crippen LogP contribution in [0.5, 0.6) is 0 Å². The molecule has 0 aliphatic heterocycles. The Morgan fingerprint density at radius 3 is 2.30 bits per heavy atom. The number of esters is 1. The first-order valence-corrected chi connectivity index (χ1v) is 8.29. The highest BCUT2D eigenvalue weighted by Gasteiger charge is 2.24. The minimum Gasteiger partial charge on any atom is -0.465 e. The van der Waals surface area contributed by atoms with Crippen LogP contribution in [0.1, 0.15) is 40.2 Å². The molecule has 1 aromatic carbocycles. The van der Waals surface area contributed by atoms with Crippen molar-refractivity contribution in [2.45, 2.75) is 25.2 Å². The summed E-state index contributed by atoms with van der Waals surface area (Å²) >= 11 is 0. The van der Waals surface area contributed by atoms with E-state index in [0.717, 1.165) is 5.56 Å². The van der Waals surface area contributed by atoms with Crippen molar-refractivity contribution in [1.82, 2.24) is 9.97 Å². The van der Waals surface area contributed by atoms with Crippen LogP contribution in [0.15, 0.2) is 24.3 Å². The lowest BCUT2D eigenvalue weighted by molar-refractivity contribution is -0.483. The van der Waals surface area contributed by atoms with Crippen LogP contribution in [0.25, 0.3) is 0 Å². The van der Waals surface area contributed by atoms with Gasteiger partial charge in [0.1, 0.15) is 11.6 Å². The van der Waals surface area contributed by atoms with Gasteiger partial charge in [-0.1, -0.05) is 12.1 Å². The van der Waals surface area contributed by atoms with E-state index < -0.39 is 16.8 Å². The number of hydrogen-bond donors (Lipinski definition) is 3. The zero-order chi connectivity index (χ0) is 20.0. The van der Waals surface area contributed by atoms with E-state index in [9.17, 15) is 14.9 Å². The van der Waals surface area contributed by atoms with E-state index in [2.05, 4.69) is 14.7 Å². The van der Waals surface area contributed by atoms with Crippen molar-refractivity contribution in [1.29, 1.82) is 0 Å². The van der Waals surface area contributed by atoms with Crippen molar-refractivity contribution in [2.75, 3.05) is 30.9 Å². The molecule has 1 heterocycles. The van der Waals surface area contributed by atoms with E-state index in [1.54, 1.807) is 12.1 Å². The van der Waals surface area contributed by atoms with Crippen molar-refractivity contribution in [3.05, 3.63) is 51.1 Å². The fourth-order valence-corrected chi connectivity index (χ4v) is 2.93. The summed E-state index contributed by atoms with van der Waals surface area (Å²) in [5.74, 6) is -0.861. The smallest absolute Gasteiger partial charge is 0.337 e. The highest BCUT2D eigenvalue weighted by atomic mass is 16.6. The molecule has 10 heteroatoms. The summed E-state index contributed by atoms with van der Waals surface area (Å²) in [4.78, 5) is 29.8. The molecular weight excluding hydrogens is 352 g/mol. The van der Waals surface area contributed by atoms with E-state index in [0.29, 0.717) is 30.4 Å². The molecule has 0 saturated heterocycles. The zero-order valence-corrected chi connectivity index (χ0v) is 14.9. The maximum atomic E-state index is 11.4. The number of hydrogen-bond acceptors (Lipinski definition) is 9. The first-order chi connectivity index (χ1) is 12.8. The van der Waals surface area contributed by atoms with E-state index in [1.807, 2.05) is 12.1 Å². The molecule has 6 N–H and O–H groups in total. The number of ether oxygens (including phenoxy) is 1. The number of anilines is 3. The number of rotatable bonds is 8. The fourth-order valence-electron chi connectivity index (χ4n) is 2.93. The predicted octanol–water partition coefficient (Wildman–Crippen LogP) is 1.39. The number of aromatic nitrogens is 2. The Morgan fingerprint density at radius 1 is 1.19 bits per heavy atom. The monoisotopic (exact) mass is 374 g/mol. The van der Waals surface area contributed by atoms with Gasteiger partial charge in [-0.15, -0.1) is 0 Å². The molecule has 0 bridgehead atoms. The summed E-state index contributed by atoms with van der Waals surface area (Å²) < 4.78 is 4.66. The van der Waals surface area contributed by atoms with Crippen LogP contribution in [0.3, 0.4) is 0 Å². The van der Waals surface area contributed by atoms with E-state index in [4.69, 9.17) is 17.2 Å². The molecule has 0 aliphatic rings. The normalized spacial score (nSPS) is 11.7. The Kier molecular flexibility index (Phi) is 6.47. The fraction of sp³-hybridized carbons (Fsp3) is 0.353. The van der Waals surface area contributed by atoms with Crippen molar-refractivity contribution in [3.63, 3.8) is 0 Å². The van der Waals surface area contributed by atoms with Crippen LogP contribution >= 0.6 is 0 Å². The van der Waals surface area contributed by atoms with Gasteiger partial charge in [0.25, 0.3) is 0 Å². The molecule has 0 aliphatic carbocycles.